The quantitative estimate of drug-likeness (QED) is 0.836. The van der Waals surface area contributed by atoms with Crippen molar-refractivity contribution >= 4 is 17.7 Å². The third-order valence-electron chi connectivity index (χ3n) is 3.11. The molecule has 1 rings (SSSR count). The molecule has 0 atom stereocenters. The molecule has 0 aromatic heterocycles. The van der Waals surface area contributed by atoms with Crippen molar-refractivity contribution < 1.29 is 9.90 Å². The highest BCUT2D eigenvalue weighted by Crippen LogP contribution is 2.20. The van der Waals surface area contributed by atoms with Crippen molar-refractivity contribution in [1.82, 2.24) is 5.32 Å². The number of aliphatic hydroxyl groups excluding tert-OH is 1. The van der Waals surface area contributed by atoms with Crippen LogP contribution in [0.4, 0.5) is 0 Å². The molecule has 0 radical (unpaired) electrons. The Morgan fingerprint density at radius 2 is 2.15 bits per heavy atom. The van der Waals surface area contributed by atoms with Gasteiger partial charge < -0.3 is 10.4 Å². The fourth-order valence-corrected chi connectivity index (χ4v) is 1.83. The third kappa shape index (κ3) is 4.59. The van der Waals surface area contributed by atoms with Crippen molar-refractivity contribution in [3.8, 4) is 11.8 Å². The van der Waals surface area contributed by atoms with Crippen LogP contribution in [0.3, 0.4) is 0 Å². The van der Waals surface area contributed by atoms with Crippen LogP contribution in [0.25, 0.3) is 0 Å². The summed E-state index contributed by atoms with van der Waals surface area (Å²) in [6, 6.07) is 5.45. The summed E-state index contributed by atoms with van der Waals surface area (Å²) >= 11 is 1.72. The first-order valence-corrected chi connectivity index (χ1v) is 7.66. The zero-order chi connectivity index (χ0) is 15.2. The molecular formula is C16H21NO2S. The Kier molecular flexibility index (Phi) is 6.12. The van der Waals surface area contributed by atoms with Crippen molar-refractivity contribution in [2.45, 2.75) is 25.5 Å². The molecule has 0 saturated carbocycles. The number of rotatable bonds is 4. The lowest BCUT2D eigenvalue weighted by atomic mass is 10.0. The number of carbonyl (C=O) groups is 1. The van der Waals surface area contributed by atoms with Crippen LogP contribution >= 0.6 is 11.8 Å². The summed E-state index contributed by atoms with van der Waals surface area (Å²) in [7, 11) is 0. The number of nitrogens with one attached hydrogen (secondary N) is 1. The Morgan fingerprint density at radius 1 is 1.45 bits per heavy atom. The molecule has 3 nitrogen and oxygen atoms in total. The second kappa shape index (κ2) is 7.37. The van der Waals surface area contributed by atoms with E-state index in [2.05, 4.69) is 31.0 Å². The van der Waals surface area contributed by atoms with Gasteiger partial charge in [-0.2, -0.15) is 11.8 Å². The van der Waals surface area contributed by atoms with Gasteiger partial charge in [-0.25, -0.2) is 0 Å². The molecule has 108 valence electrons. The second-order valence-corrected chi connectivity index (χ2v) is 6.60. The molecule has 0 bridgehead atoms. The molecule has 0 fully saturated rings. The largest absolute Gasteiger partial charge is 0.384 e. The van der Waals surface area contributed by atoms with Gasteiger partial charge in [-0.3, -0.25) is 4.79 Å². The molecule has 0 heterocycles. The number of aliphatic hydroxyl groups is 1. The molecule has 0 unspecified atom stereocenters. The lowest BCUT2D eigenvalue weighted by Gasteiger charge is -2.22. The van der Waals surface area contributed by atoms with Crippen molar-refractivity contribution in [2.24, 2.45) is 0 Å². The van der Waals surface area contributed by atoms with Gasteiger partial charge in [-0.1, -0.05) is 17.9 Å². The fraction of sp³-hybridized carbons (Fsp3) is 0.438. The van der Waals surface area contributed by atoms with Crippen molar-refractivity contribution in [1.29, 1.82) is 0 Å². The molecule has 4 heteroatoms. The van der Waals surface area contributed by atoms with Crippen LogP contribution in [-0.4, -0.2) is 35.2 Å². The van der Waals surface area contributed by atoms with Crippen LogP contribution in [0.15, 0.2) is 18.2 Å². The van der Waals surface area contributed by atoms with E-state index in [-0.39, 0.29) is 17.3 Å². The first-order valence-electron chi connectivity index (χ1n) is 6.44. The van der Waals surface area contributed by atoms with E-state index >= 15 is 0 Å². The van der Waals surface area contributed by atoms with E-state index in [4.69, 9.17) is 5.11 Å². The summed E-state index contributed by atoms with van der Waals surface area (Å²) in [5.41, 5.74) is 2.25. The van der Waals surface area contributed by atoms with Gasteiger partial charge in [0.15, 0.2) is 0 Å². The third-order valence-corrected chi connectivity index (χ3v) is 4.36. The molecule has 1 amide bonds. The van der Waals surface area contributed by atoms with Crippen LogP contribution in [-0.2, 0) is 0 Å². The predicted octanol–water partition coefficient (Wildman–Crippen LogP) is 2.21. The van der Waals surface area contributed by atoms with Crippen LogP contribution in [0.2, 0.25) is 0 Å². The van der Waals surface area contributed by atoms with Crippen LogP contribution in [0.1, 0.15) is 35.3 Å². The summed E-state index contributed by atoms with van der Waals surface area (Å²) in [6.45, 7) is 6.48. The van der Waals surface area contributed by atoms with E-state index in [0.29, 0.717) is 12.1 Å². The Labute approximate surface area is 125 Å². The molecule has 1 aromatic carbocycles. The first-order chi connectivity index (χ1) is 9.41. The van der Waals surface area contributed by atoms with Crippen LogP contribution < -0.4 is 5.32 Å². The number of thioether (sulfide) groups is 1. The number of carbonyl (C=O) groups excluding carboxylic acids is 1. The van der Waals surface area contributed by atoms with Crippen molar-refractivity contribution in [2.75, 3.05) is 19.4 Å². The molecule has 0 saturated heterocycles. The smallest absolute Gasteiger partial charge is 0.251 e. The average molecular weight is 291 g/mol. The standard InChI is InChI=1S/C16H21NO2S/c1-12-13(8-6-10-18)7-5-9-14(12)15(19)17-11-16(2,3)20-4/h5,7,9,18H,10-11H2,1-4H3,(H,17,19). The maximum absolute atomic E-state index is 12.2. The summed E-state index contributed by atoms with van der Waals surface area (Å²) in [4.78, 5) is 12.2. The van der Waals surface area contributed by atoms with Crippen molar-refractivity contribution in [3.63, 3.8) is 0 Å². The molecule has 0 aliphatic rings. The molecule has 2 N–H and O–H groups in total. The Bertz CT molecular complexity index is 541. The summed E-state index contributed by atoms with van der Waals surface area (Å²) < 4.78 is 0.0118. The first kappa shape index (κ1) is 16.6. The summed E-state index contributed by atoms with van der Waals surface area (Å²) in [6.07, 6.45) is 2.03. The number of hydrogen-bond donors (Lipinski definition) is 2. The highest BCUT2D eigenvalue weighted by atomic mass is 32.2. The number of amides is 1. The topological polar surface area (TPSA) is 49.3 Å². The maximum Gasteiger partial charge on any atom is 0.251 e. The van der Waals surface area contributed by atoms with E-state index < -0.39 is 0 Å². The monoisotopic (exact) mass is 291 g/mol. The Balaban J connectivity index is 2.89. The van der Waals surface area contributed by atoms with E-state index in [1.54, 1.807) is 17.8 Å². The lowest BCUT2D eigenvalue weighted by Crippen LogP contribution is -2.36. The molecule has 0 spiro atoms. The SMILES string of the molecule is CSC(C)(C)CNC(=O)c1cccc(C#CCO)c1C. The minimum atomic E-state index is -0.183. The zero-order valence-electron chi connectivity index (χ0n) is 12.4. The zero-order valence-corrected chi connectivity index (χ0v) is 13.2. The predicted molar refractivity (Wildman–Crippen MR) is 85.1 cm³/mol. The molecule has 1 aromatic rings. The van der Waals surface area contributed by atoms with Gasteiger partial charge in [0.1, 0.15) is 6.61 Å². The van der Waals surface area contributed by atoms with Gasteiger partial charge in [0.2, 0.25) is 0 Å². The molecule has 0 aliphatic heterocycles. The van der Waals surface area contributed by atoms with Gasteiger partial charge in [0.05, 0.1) is 0 Å². The Morgan fingerprint density at radius 3 is 2.75 bits per heavy atom. The van der Waals surface area contributed by atoms with Crippen molar-refractivity contribution in [3.05, 3.63) is 34.9 Å². The molecule has 20 heavy (non-hydrogen) atoms. The second-order valence-electron chi connectivity index (χ2n) is 5.08. The fourth-order valence-electron chi connectivity index (χ4n) is 1.61. The molecular weight excluding hydrogens is 270 g/mol. The molecule has 0 aliphatic carbocycles. The van der Waals surface area contributed by atoms with Gasteiger partial charge in [-0.05, 0) is 44.7 Å². The minimum Gasteiger partial charge on any atom is -0.384 e. The van der Waals surface area contributed by atoms with Gasteiger partial charge in [-0.15, -0.1) is 0 Å². The number of hydrogen-bond acceptors (Lipinski definition) is 3. The average Bonchev–Trinajstić information content (AvgIpc) is 2.44. The van der Waals surface area contributed by atoms with Gasteiger partial charge in [0.25, 0.3) is 5.91 Å². The lowest BCUT2D eigenvalue weighted by molar-refractivity contribution is 0.0950. The van der Waals surface area contributed by atoms with Crippen LogP contribution in [0.5, 0.6) is 0 Å². The van der Waals surface area contributed by atoms with Gasteiger partial charge >= 0.3 is 0 Å². The summed E-state index contributed by atoms with van der Waals surface area (Å²) in [5.74, 6) is 5.38. The van der Waals surface area contributed by atoms with E-state index in [1.165, 1.54) is 0 Å². The maximum atomic E-state index is 12.2. The Hall–Kier alpha value is -1.44. The minimum absolute atomic E-state index is 0.0118. The normalized spacial score (nSPS) is 10.7. The van der Waals surface area contributed by atoms with Crippen LogP contribution in [0, 0.1) is 18.8 Å². The van der Waals surface area contributed by atoms with E-state index in [9.17, 15) is 4.79 Å². The van der Waals surface area contributed by atoms with E-state index in [0.717, 1.165) is 11.1 Å². The highest BCUT2D eigenvalue weighted by Gasteiger charge is 2.18. The summed E-state index contributed by atoms with van der Waals surface area (Å²) in [5, 5.41) is 11.7. The highest BCUT2D eigenvalue weighted by molar-refractivity contribution is 7.99. The van der Waals surface area contributed by atoms with E-state index in [1.807, 2.05) is 25.3 Å². The number of benzene rings is 1. The van der Waals surface area contributed by atoms with Gasteiger partial charge in [0, 0.05) is 22.4 Å².